The minimum absolute atomic E-state index is 1.07. The second kappa shape index (κ2) is 7.49. The molecule has 0 aromatic carbocycles. The zero-order valence-corrected chi connectivity index (χ0v) is 10.3. The molecular weight excluding hydrogens is 184 g/mol. The molecule has 1 aromatic rings. The highest BCUT2D eigenvalue weighted by atomic mass is 15.1. The predicted octanol–water partition coefficient (Wildman–Crippen LogP) is 3.16. The van der Waals surface area contributed by atoms with Gasteiger partial charge in [0.15, 0.2) is 0 Å². The Labute approximate surface area is 93.9 Å². The van der Waals surface area contributed by atoms with Crippen molar-refractivity contribution in [3.8, 4) is 0 Å². The molecule has 2 heteroatoms. The van der Waals surface area contributed by atoms with E-state index in [1.165, 1.54) is 45.1 Å². The van der Waals surface area contributed by atoms with Gasteiger partial charge in [0, 0.05) is 0 Å². The molecule has 0 fully saturated rings. The first-order valence-electron chi connectivity index (χ1n) is 6.41. The highest BCUT2D eigenvalue weighted by Crippen LogP contribution is 2.05. The van der Waals surface area contributed by atoms with Gasteiger partial charge in [-0.2, -0.15) is 0 Å². The van der Waals surface area contributed by atoms with Crippen LogP contribution in [-0.4, -0.2) is 4.57 Å². The van der Waals surface area contributed by atoms with Crippen molar-refractivity contribution in [2.24, 2.45) is 0 Å². The maximum Gasteiger partial charge on any atom is 0.243 e. The fraction of sp³-hybridized carbons (Fsp3) is 0.769. The fourth-order valence-corrected chi connectivity index (χ4v) is 1.83. The van der Waals surface area contributed by atoms with Crippen LogP contribution in [0, 0.1) is 0 Å². The maximum absolute atomic E-state index is 2.29. The number of aromatic nitrogens is 2. The molecule has 0 aliphatic rings. The van der Waals surface area contributed by atoms with Crippen molar-refractivity contribution in [3.63, 3.8) is 0 Å². The molecule has 0 N–H and O–H groups in total. The summed E-state index contributed by atoms with van der Waals surface area (Å²) in [5.41, 5.74) is 0. The molecule has 2 nitrogen and oxygen atoms in total. The Hall–Kier alpha value is -0.790. The zero-order valence-electron chi connectivity index (χ0n) is 10.3. The number of hydrogen-bond donors (Lipinski definition) is 0. The SMILES string of the molecule is CCCCCCCCn1cc[n+](CC)c1. The summed E-state index contributed by atoms with van der Waals surface area (Å²) in [4.78, 5) is 0. The Morgan fingerprint density at radius 3 is 2.40 bits per heavy atom. The number of unbranched alkanes of at least 4 members (excludes halogenated alkanes) is 5. The summed E-state index contributed by atoms with van der Waals surface area (Å²) >= 11 is 0. The molecule has 15 heavy (non-hydrogen) atoms. The Morgan fingerprint density at radius 2 is 1.73 bits per heavy atom. The first kappa shape index (κ1) is 12.3. The van der Waals surface area contributed by atoms with Gasteiger partial charge in [-0.3, -0.25) is 0 Å². The van der Waals surface area contributed by atoms with E-state index in [1.54, 1.807) is 0 Å². The van der Waals surface area contributed by atoms with Gasteiger partial charge in [-0.25, -0.2) is 9.13 Å². The van der Waals surface area contributed by atoms with E-state index in [1.807, 2.05) is 0 Å². The molecule has 0 saturated heterocycles. The smallest absolute Gasteiger partial charge is 0.237 e. The molecule has 1 aromatic heterocycles. The predicted molar refractivity (Wildman–Crippen MR) is 63.7 cm³/mol. The van der Waals surface area contributed by atoms with Crippen LogP contribution in [0.25, 0.3) is 0 Å². The topological polar surface area (TPSA) is 8.81 Å². The lowest BCUT2D eigenvalue weighted by Crippen LogP contribution is -2.28. The molecule has 1 rings (SSSR count). The van der Waals surface area contributed by atoms with E-state index in [9.17, 15) is 0 Å². The van der Waals surface area contributed by atoms with Gasteiger partial charge in [0.1, 0.15) is 12.4 Å². The van der Waals surface area contributed by atoms with Crippen LogP contribution in [-0.2, 0) is 13.1 Å². The van der Waals surface area contributed by atoms with Crippen LogP contribution in [0.3, 0.4) is 0 Å². The van der Waals surface area contributed by atoms with Crippen molar-refractivity contribution in [1.82, 2.24) is 4.57 Å². The Kier molecular flexibility index (Phi) is 6.14. The van der Waals surface area contributed by atoms with E-state index in [0.29, 0.717) is 0 Å². The molecule has 0 atom stereocenters. The molecular formula is C13H25N2+. The van der Waals surface area contributed by atoms with Crippen molar-refractivity contribution in [2.75, 3.05) is 0 Å². The average molecular weight is 209 g/mol. The number of hydrogen-bond acceptors (Lipinski definition) is 0. The van der Waals surface area contributed by atoms with E-state index < -0.39 is 0 Å². The van der Waals surface area contributed by atoms with E-state index >= 15 is 0 Å². The summed E-state index contributed by atoms with van der Waals surface area (Å²) in [6.45, 7) is 6.70. The van der Waals surface area contributed by atoms with Crippen molar-refractivity contribution in [3.05, 3.63) is 18.7 Å². The minimum Gasteiger partial charge on any atom is -0.237 e. The molecule has 0 bridgehead atoms. The zero-order chi connectivity index (χ0) is 10.9. The first-order chi connectivity index (χ1) is 7.36. The average Bonchev–Trinajstić information content (AvgIpc) is 2.71. The van der Waals surface area contributed by atoms with Crippen LogP contribution < -0.4 is 4.57 Å². The third kappa shape index (κ3) is 5.01. The van der Waals surface area contributed by atoms with Gasteiger partial charge in [0.2, 0.25) is 6.33 Å². The van der Waals surface area contributed by atoms with Crippen LogP contribution in [0.1, 0.15) is 52.4 Å². The second-order valence-corrected chi connectivity index (χ2v) is 4.25. The summed E-state index contributed by atoms with van der Waals surface area (Å²) in [6, 6.07) is 0. The summed E-state index contributed by atoms with van der Waals surface area (Å²) in [7, 11) is 0. The quantitative estimate of drug-likeness (QED) is 0.459. The van der Waals surface area contributed by atoms with E-state index in [0.717, 1.165) is 6.54 Å². The third-order valence-corrected chi connectivity index (χ3v) is 2.88. The van der Waals surface area contributed by atoms with Crippen molar-refractivity contribution in [1.29, 1.82) is 0 Å². The lowest BCUT2D eigenvalue weighted by molar-refractivity contribution is -0.693. The summed E-state index contributed by atoms with van der Waals surface area (Å²) in [5.74, 6) is 0. The summed E-state index contributed by atoms with van der Waals surface area (Å²) < 4.78 is 4.51. The van der Waals surface area contributed by atoms with Crippen molar-refractivity contribution >= 4 is 0 Å². The largest absolute Gasteiger partial charge is 0.243 e. The molecule has 0 aliphatic carbocycles. The summed E-state index contributed by atoms with van der Waals surface area (Å²) in [5, 5.41) is 0. The Balaban J connectivity index is 2.04. The van der Waals surface area contributed by atoms with E-state index in [4.69, 9.17) is 0 Å². The molecule has 1 heterocycles. The van der Waals surface area contributed by atoms with Gasteiger partial charge >= 0.3 is 0 Å². The molecule has 0 spiro atoms. The van der Waals surface area contributed by atoms with Gasteiger partial charge in [0.25, 0.3) is 0 Å². The maximum atomic E-state index is 2.29. The molecule has 0 aliphatic heterocycles. The van der Waals surface area contributed by atoms with Crippen LogP contribution in [0.4, 0.5) is 0 Å². The number of nitrogens with zero attached hydrogens (tertiary/aromatic N) is 2. The highest BCUT2D eigenvalue weighted by Gasteiger charge is 2.00. The van der Waals surface area contributed by atoms with Gasteiger partial charge in [-0.1, -0.05) is 32.6 Å². The normalized spacial score (nSPS) is 10.8. The van der Waals surface area contributed by atoms with Gasteiger partial charge in [0.05, 0.1) is 13.1 Å². The van der Waals surface area contributed by atoms with Crippen LogP contribution in [0.15, 0.2) is 18.7 Å². The molecule has 0 amide bonds. The lowest BCUT2D eigenvalue weighted by Gasteiger charge is -1.98. The van der Waals surface area contributed by atoms with Gasteiger partial charge in [-0.15, -0.1) is 0 Å². The minimum atomic E-state index is 1.07. The first-order valence-corrected chi connectivity index (χ1v) is 6.41. The van der Waals surface area contributed by atoms with E-state index in [-0.39, 0.29) is 0 Å². The molecule has 0 unspecified atom stereocenters. The number of aryl methyl sites for hydroxylation is 2. The lowest BCUT2D eigenvalue weighted by atomic mass is 10.1. The van der Waals surface area contributed by atoms with Crippen molar-refractivity contribution < 1.29 is 4.57 Å². The fourth-order valence-electron chi connectivity index (χ4n) is 1.83. The van der Waals surface area contributed by atoms with Gasteiger partial charge in [-0.05, 0) is 19.8 Å². The molecule has 0 radical (unpaired) electrons. The number of imidazole rings is 1. The van der Waals surface area contributed by atoms with Crippen LogP contribution in [0.5, 0.6) is 0 Å². The second-order valence-electron chi connectivity index (χ2n) is 4.25. The number of rotatable bonds is 8. The van der Waals surface area contributed by atoms with Crippen LogP contribution in [0.2, 0.25) is 0 Å². The monoisotopic (exact) mass is 209 g/mol. The van der Waals surface area contributed by atoms with E-state index in [2.05, 4.69) is 41.7 Å². The third-order valence-electron chi connectivity index (χ3n) is 2.88. The standard InChI is InChI=1S/C13H25N2/c1-3-5-6-7-8-9-10-15-12-11-14(4-2)13-15/h11-13H,3-10H2,1-2H3/q+1. The van der Waals surface area contributed by atoms with Crippen LogP contribution >= 0.6 is 0 Å². The summed E-state index contributed by atoms with van der Waals surface area (Å²) in [6.07, 6.45) is 14.8. The Morgan fingerprint density at radius 1 is 1.00 bits per heavy atom. The highest BCUT2D eigenvalue weighted by molar-refractivity contribution is 4.65. The molecule has 86 valence electrons. The Bertz CT molecular complexity index is 253. The van der Waals surface area contributed by atoms with Gasteiger partial charge < -0.3 is 0 Å². The van der Waals surface area contributed by atoms with Crippen molar-refractivity contribution in [2.45, 2.75) is 65.5 Å². The molecule has 0 saturated carbocycles.